The van der Waals surface area contributed by atoms with Crippen LogP contribution in [0.1, 0.15) is 21.5 Å². The third-order valence-electron chi connectivity index (χ3n) is 3.73. The molecular weight excluding hydrogens is 334 g/mol. The number of nitrogens with one attached hydrogen (secondary N) is 2. The lowest BCUT2D eigenvalue weighted by atomic mass is 10.1. The molecule has 0 aliphatic carbocycles. The number of aryl methyl sites for hydroxylation is 2. The summed E-state index contributed by atoms with van der Waals surface area (Å²) in [6.07, 6.45) is 3.20. The maximum Gasteiger partial charge on any atom is 0.257 e. The second kappa shape index (κ2) is 7.36. The Kier molecular flexibility index (Phi) is 5.00. The molecule has 0 bridgehead atoms. The molecule has 0 aliphatic heterocycles. The van der Waals surface area contributed by atoms with E-state index in [4.69, 9.17) is 11.6 Å². The molecule has 25 heavy (non-hydrogen) atoms. The van der Waals surface area contributed by atoms with Gasteiger partial charge in [0.05, 0.1) is 28.2 Å². The first-order valence-corrected chi connectivity index (χ1v) is 8.26. The monoisotopic (exact) mass is 351 g/mol. The van der Waals surface area contributed by atoms with E-state index in [0.29, 0.717) is 16.3 Å². The van der Waals surface area contributed by atoms with E-state index in [-0.39, 0.29) is 5.91 Å². The van der Waals surface area contributed by atoms with Crippen LogP contribution in [0.2, 0.25) is 5.02 Å². The van der Waals surface area contributed by atoms with Crippen LogP contribution in [0.3, 0.4) is 0 Å². The lowest BCUT2D eigenvalue weighted by Crippen LogP contribution is -2.12. The van der Waals surface area contributed by atoms with Crippen LogP contribution in [0, 0.1) is 13.8 Å². The summed E-state index contributed by atoms with van der Waals surface area (Å²) in [6.45, 7) is 3.99. The van der Waals surface area contributed by atoms with Crippen LogP contribution in [0.5, 0.6) is 0 Å². The van der Waals surface area contributed by atoms with Gasteiger partial charge in [-0.1, -0.05) is 35.9 Å². The summed E-state index contributed by atoms with van der Waals surface area (Å²) in [5.74, 6) is -0.214. The van der Waals surface area contributed by atoms with Crippen molar-refractivity contribution in [2.75, 3.05) is 10.6 Å². The number of carbonyl (C=O) groups excluding carboxylic acids is 1. The Morgan fingerprint density at radius 1 is 1.00 bits per heavy atom. The highest BCUT2D eigenvalue weighted by Gasteiger charge is 2.10. The Bertz CT molecular complexity index is 887. The Balaban J connectivity index is 1.81. The Labute approximate surface area is 151 Å². The van der Waals surface area contributed by atoms with Crippen LogP contribution in [-0.4, -0.2) is 10.9 Å². The van der Waals surface area contributed by atoms with Crippen molar-refractivity contribution in [3.05, 3.63) is 82.6 Å². The van der Waals surface area contributed by atoms with Crippen LogP contribution in [0.15, 0.2) is 60.9 Å². The second-order valence-corrected chi connectivity index (χ2v) is 6.25. The van der Waals surface area contributed by atoms with Crippen LogP contribution in [0.25, 0.3) is 0 Å². The highest BCUT2D eigenvalue weighted by atomic mass is 35.5. The van der Waals surface area contributed by atoms with Gasteiger partial charge in [-0.15, -0.1) is 0 Å². The molecule has 3 aromatic rings. The zero-order valence-corrected chi connectivity index (χ0v) is 14.8. The number of aromatic nitrogens is 1. The zero-order valence-electron chi connectivity index (χ0n) is 14.0. The van der Waals surface area contributed by atoms with Crippen molar-refractivity contribution in [1.82, 2.24) is 4.98 Å². The van der Waals surface area contributed by atoms with Crippen LogP contribution >= 0.6 is 11.6 Å². The van der Waals surface area contributed by atoms with E-state index in [2.05, 4.69) is 15.6 Å². The van der Waals surface area contributed by atoms with E-state index in [0.717, 1.165) is 22.5 Å². The summed E-state index contributed by atoms with van der Waals surface area (Å²) in [5.41, 5.74) is 4.86. The largest absolute Gasteiger partial charge is 0.353 e. The molecule has 0 spiro atoms. The fraction of sp³-hybridized carbons (Fsp3) is 0.100. The van der Waals surface area contributed by atoms with Gasteiger partial charge in [-0.05, 0) is 49.2 Å². The number of para-hydroxylation sites is 1. The van der Waals surface area contributed by atoms with Gasteiger partial charge in [0, 0.05) is 11.9 Å². The highest BCUT2D eigenvalue weighted by Crippen LogP contribution is 2.30. The van der Waals surface area contributed by atoms with E-state index in [9.17, 15) is 4.79 Å². The van der Waals surface area contributed by atoms with E-state index < -0.39 is 0 Å². The number of hydrogen-bond donors (Lipinski definition) is 2. The normalized spacial score (nSPS) is 10.4. The summed E-state index contributed by atoms with van der Waals surface area (Å²) in [5, 5.41) is 6.73. The summed E-state index contributed by atoms with van der Waals surface area (Å²) >= 11 is 6.33. The number of rotatable bonds is 4. The standard InChI is InChI=1S/C20H18ClN3O/c1-13-8-14(2)19(18(21)9-13)23-17-10-15(11-22-12-17)20(25)24-16-6-4-3-5-7-16/h3-12,23H,1-2H3,(H,24,25). The first-order valence-electron chi connectivity index (χ1n) is 7.88. The van der Waals surface area contributed by atoms with Crippen molar-refractivity contribution in [3.8, 4) is 0 Å². The van der Waals surface area contributed by atoms with Crippen LogP contribution in [-0.2, 0) is 0 Å². The van der Waals surface area contributed by atoms with E-state index >= 15 is 0 Å². The van der Waals surface area contributed by atoms with Crippen molar-refractivity contribution in [2.24, 2.45) is 0 Å². The third-order valence-corrected chi connectivity index (χ3v) is 4.03. The van der Waals surface area contributed by atoms with E-state index in [1.807, 2.05) is 56.3 Å². The first-order chi connectivity index (χ1) is 12.0. The molecule has 126 valence electrons. The van der Waals surface area contributed by atoms with Gasteiger partial charge in [0.1, 0.15) is 0 Å². The summed E-state index contributed by atoms with van der Waals surface area (Å²) in [6, 6.07) is 15.0. The molecule has 2 aromatic carbocycles. The predicted molar refractivity (Wildman–Crippen MR) is 103 cm³/mol. The number of anilines is 3. The minimum absolute atomic E-state index is 0.214. The Morgan fingerprint density at radius 2 is 1.76 bits per heavy atom. The van der Waals surface area contributed by atoms with Gasteiger partial charge in [0.2, 0.25) is 0 Å². The van der Waals surface area contributed by atoms with Gasteiger partial charge in [-0.2, -0.15) is 0 Å². The summed E-state index contributed by atoms with van der Waals surface area (Å²) in [4.78, 5) is 16.5. The Hall–Kier alpha value is -2.85. The molecule has 1 aromatic heterocycles. The number of halogens is 1. The fourth-order valence-electron chi connectivity index (χ4n) is 2.58. The van der Waals surface area contributed by atoms with Crippen molar-refractivity contribution >= 4 is 34.6 Å². The topological polar surface area (TPSA) is 54.0 Å². The van der Waals surface area contributed by atoms with E-state index in [1.165, 1.54) is 6.20 Å². The van der Waals surface area contributed by atoms with Gasteiger partial charge < -0.3 is 10.6 Å². The average molecular weight is 352 g/mol. The number of pyridine rings is 1. The van der Waals surface area contributed by atoms with Crippen LogP contribution in [0.4, 0.5) is 17.1 Å². The fourth-order valence-corrected chi connectivity index (χ4v) is 2.94. The summed E-state index contributed by atoms with van der Waals surface area (Å²) in [7, 11) is 0. The molecule has 2 N–H and O–H groups in total. The molecule has 5 heteroatoms. The molecule has 0 aliphatic rings. The van der Waals surface area contributed by atoms with Gasteiger partial charge in [-0.25, -0.2) is 0 Å². The molecule has 0 unspecified atom stereocenters. The van der Waals surface area contributed by atoms with Gasteiger partial charge >= 0.3 is 0 Å². The lowest BCUT2D eigenvalue weighted by Gasteiger charge is -2.13. The molecule has 0 fully saturated rings. The minimum Gasteiger partial charge on any atom is -0.353 e. The maximum absolute atomic E-state index is 12.4. The van der Waals surface area contributed by atoms with Gasteiger partial charge in [0.25, 0.3) is 5.91 Å². The van der Waals surface area contributed by atoms with Crippen molar-refractivity contribution in [2.45, 2.75) is 13.8 Å². The summed E-state index contributed by atoms with van der Waals surface area (Å²) < 4.78 is 0. The van der Waals surface area contributed by atoms with Gasteiger partial charge in [0.15, 0.2) is 0 Å². The highest BCUT2D eigenvalue weighted by molar-refractivity contribution is 6.33. The molecule has 1 heterocycles. The predicted octanol–water partition coefficient (Wildman–Crippen LogP) is 5.35. The molecule has 1 amide bonds. The number of carbonyl (C=O) groups is 1. The Morgan fingerprint density at radius 3 is 2.48 bits per heavy atom. The zero-order chi connectivity index (χ0) is 17.8. The molecule has 4 nitrogen and oxygen atoms in total. The number of hydrogen-bond acceptors (Lipinski definition) is 3. The molecule has 0 radical (unpaired) electrons. The molecule has 0 atom stereocenters. The van der Waals surface area contributed by atoms with E-state index in [1.54, 1.807) is 12.3 Å². The lowest BCUT2D eigenvalue weighted by molar-refractivity contribution is 0.102. The van der Waals surface area contributed by atoms with Crippen molar-refractivity contribution < 1.29 is 4.79 Å². The van der Waals surface area contributed by atoms with Crippen LogP contribution < -0.4 is 10.6 Å². The van der Waals surface area contributed by atoms with Crippen molar-refractivity contribution in [1.29, 1.82) is 0 Å². The van der Waals surface area contributed by atoms with Gasteiger partial charge in [-0.3, -0.25) is 9.78 Å². The quantitative estimate of drug-likeness (QED) is 0.666. The minimum atomic E-state index is -0.214. The number of benzene rings is 2. The molecule has 0 saturated carbocycles. The first kappa shape index (κ1) is 17.0. The third kappa shape index (κ3) is 4.17. The molecule has 0 saturated heterocycles. The second-order valence-electron chi connectivity index (χ2n) is 5.85. The number of amides is 1. The average Bonchev–Trinajstić information content (AvgIpc) is 2.59. The smallest absolute Gasteiger partial charge is 0.257 e. The maximum atomic E-state index is 12.4. The molecular formula is C20H18ClN3O. The number of nitrogens with zero attached hydrogens (tertiary/aromatic N) is 1. The SMILES string of the molecule is Cc1cc(C)c(Nc2cncc(C(=O)Nc3ccccc3)c2)c(Cl)c1. The van der Waals surface area contributed by atoms with Crippen molar-refractivity contribution in [3.63, 3.8) is 0 Å². The molecule has 3 rings (SSSR count).